The highest BCUT2D eigenvalue weighted by Gasteiger charge is 2.32. The van der Waals surface area contributed by atoms with Gasteiger partial charge in [0.05, 0.1) is 84.6 Å². The number of rotatable bonds is 22. The van der Waals surface area contributed by atoms with Gasteiger partial charge in [0, 0.05) is 26.7 Å². The van der Waals surface area contributed by atoms with Crippen molar-refractivity contribution < 1.29 is 38.4 Å². The number of aliphatic carboxylic acids is 1. The van der Waals surface area contributed by atoms with E-state index < -0.39 is 12.0 Å². The molecule has 0 saturated heterocycles. The maximum Gasteiger partial charge on any atom is 0.305 e. The van der Waals surface area contributed by atoms with Crippen LogP contribution < -0.4 is 5.32 Å². The molecule has 0 aliphatic carbocycles. The molecule has 4 aromatic rings. The summed E-state index contributed by atoms with van der Waals surface area (Å²) in [7, 11) is 0. The third-order valence-electron chi connectivity index (χ3n) is 8.40. The summed E-state index contributed by atoms with van der Waals surface area (Å²) in [6, 6.07) is 14.7. The lowest BCUT2D eigenvalue weighted by atomic mass is 9.99. The normalized spacial score (nSPS) is 13.8. The fourth-order valence-corrected chi connectivity index (χ4v) is 6.91. The van der Waals surface area contributed by atoms with Crippen molar-refractivity contribution in [1.82, 2.24) is 14.8 Å². The van der Waals surface area contributed by atoms with E-state index in [0.717, 1.165) is 38.8 Å². The van der Waals surface area contributed by atoms with Gasteiger partial charge in [0.25, 0.3) is 0 Å². The fraction of sp³-hybridized carbons (Fsp3) is 0.410. The molecule has 54 heavy (non-hydrogen) atoms. The molecule has 0 spiro atoms. The first-order chi connectivity index (χ1) is 26.2. The van der Waals surface area contributed by atoms with Crippen LogP contribution in [0, 0.1) is 20.8 Å². The topological polar surface area (TPSA) is 156 Å². The van der Waals surface area contributed by atoms with E-state index >= 15 is 0 Å². The van der Waals surface area contributed by atoms with Crippen molar-refractivity contribution in [2.45, 2.75) is 39.7 Å². The Labute approximate surface area is 323 Å². The first kappa shape index (κ1) is 40.9. The second-order valence-corrected chi connectivity index (χ2v) is 14.0. The van der Waals surface area contributed by atoms with E-state index in [0.29, 0.717) is 76.0 Å². The summed E-state index contributed by atoms with van der Waals surface area (Å²) in [5.74, 6) is 0.309. The molecule has 13 nitrogen and oxygen atoms in total. The molecule has 15 heteroatoms. The number of anilines is 1. The Morgan fingerprint density at radius 1 is 0.852 bits per heavy atom. The third kappa shape index (κ3) is 11.9. The lowest BCUT2D eigenvalue weighted by Gasteiger charge is -2.13. The summed E-state index contributed by atoms with van der Waals surface area (Å²) < 4.78 is 29.1. The molecule has 0 bridgehead atoms. The minimum absolute atomic E-state index is 0.0122. The molecular formula is C39H46ClN5O8S. The molecule has 2 aromatic carbocycles. The van der Waals surface area contributed by atoms with E-state index in [9.17, 15) is 9.59 Å². The molecular weight excluding hydrogens is 734 g/mol. The molecule has 1 atom stereocenters. The molecule has 0 radical (unpaired) electrons. The molecule has 1 aliphatic heterocycles. The van der Waals surface area contributed by atoms with Crippen LogP contribution in [-0.4, -0.2) is 104 Å². The number of halogens is 1. The van der Waals surface area contributed by atoms with Crippen LogP contribution in [0.1, 0.15) is 57.7 Å². The Morgan fingerprint density at radius 3 is 2.09 bits per heavy atom. The highest BCUT2D eigenvalue weighted by Crippen LogP contribution is 2.39. The molecule has 1 aliphatic rings. The van der Waals surface area contributed by atoms with E-state index in [1.54, 1.807) is 11.3 Å². The molecule has 5 rings (SSSR count). The first-order valence-electron chi connectivity index (χ1n) is 17.7. The van der Waals surface area contributed by atoms with Crippen molar-refractivity contribution in [1.29, 1.82) is 0 Å². The zero-order valence-corrected chi connectivity index (χ0v) is 32.3. The number of benzene rings is 2. The van der Waals surface area contributed by atoms with Gasteiger partial charge in [-0.3, -0.25) is 19.1 Å². The van der Waals surface area contributed by atoms with E-state index in [1.807, 2.05) is 72.2 Å². The van der Waals surface area contributed by atoms with Crippen LogP contribution in [0.15, 0.2) is 59.6 Å². The summed E-state index contributed by atoms with van der Waals surface area (Å²) in [6.07, 6.45) is 3.96. The van der Waals surface area contributed by atoms with Crippen molar-refractivity contribution in [2.75, 3.05) is 71.4 Å². The van der Waals surface area contributed by atoms with Crippen LogP contribution in [0.5, 0.6) is 0 Å². The maximum atomic E-state index is 13.5. The summed E-state index contributed by atoms with van der Waals surface area (Å²) in [5, 5.41) is 22.1. The monoisotopic (exact) mass is 779 g/mol. The molecule has 0 saturated carbocycles. The van der Waals surface area contributed by atoms with Gasteiger partial charge in [-0.15, -0.1) is 21.5 Å². The molecule has 0 unspecified atom stereocenters. The number of fused-ring (bicyclic) bond motifs is 3. The lowest BCUT2D eigenvalue weighted by Crippen LogP contribution is -2.17. The highest BCUT2D eigenvalue weighted by molar-refractivity contribution is 7.15. The number of hydrogen-bond donors (Lipinski definition) is 2. The van der Waals surface area contributed by atoms with Crippen LogP contribution in [0.4, 0.5) is 5.69 Å². The van der Waals surface area contributed by atoms with Crippen molar-refractivity contribution >= 4 is 52.3 Å². The summed E-state index contributed by atoms with van der Waals surface area (Å²) in [4.78, 5) is 30.2. The number of nitrogens with one attached hydrogen (secondary N) is 1. The number of aliphatic imine (C=N–C) groups is 1. The van der Waals surface area contributed by atoms with Crippen LogP contribution >= 0.6 is 22.9 Å². The number of carboxylic acid groups (broad SMARTS) is 1. The quantitative estimate of drug-likeness (QED) is 0.0857. The van der Waals surface area contributed by atoms with Gasteiger partial charge in [-0.05, 0) is 56.2 Å². The van der Waals surface area contributed by atoms with Crippen LogP contribution in [0.3, 0.4) is 0 Å². The van der Waals surface area contributed by atoms with Crippen molar-refractivity contribution in [3.05, 3.63) is 98.4 Å². The second kappa shape index (κ2) is 21.0. The number of carboxylic acids is 1. The van der Waals surface area contributed by atoms with Gasteiger partial charge in [-0.2, -0.15) is 0 Å². The molecule has 3 heterocycles. The van der Waals surface area contributed by atoms with Gasteiger partial charge in [-0.1, -0.05) is 48.0 Å². The number of carbonyl (C=O) groups is 2. The Hall–Kier alpha value is -4.28. The Bertz CT molecular complexity index is 1890. The molecule has 2 N–H and O–H groups in total. The summed E-state index contributed by atoms with van der Waals surface area (Å²) in [6.45, 7) is 10.2. The van der Waals surface area contributed by atoms with Crippen LogP contribution in [-0.2, 0) is 33.3 Å². The molecule has 0 fully saturated rings. The predicted octanol–water partition coefficient (Wildman–Crippen LogP) is 6.40. The number of thiophene rings is 1. The first-order valence-corrected chi connectivity index (χ1v) is 18.9. The molecule has 288 valence electrons. The molecule has 2 aromatic heterocycles. The molecule has 1 amide bonds. The average molecular weight is 780 g/mol. The zero-order valence-electron chi connectivity index (χ0n) is 30.7. The Morgan fingerprint density at radius 2 is 1.46 bits per heavy atom. The number of nitrogens with zero attached hydrogens (tertiary/aromatic N) is 4. The SMILES string of the molecule is Cc1sc2c(c1C)C(c1ccc(Cl)cc1)=N[C@@H](CC(=O)Nc1ccc(/C=C/COCCOCCOCCOCCOCCC(=O)O)cc1)c1nnc(C)n1-2. The minimum Gasteiger partial charge on any atom is -0.481 e. The number of ether oxygens (including phenoxy) is 5. The van der Waals surface area contributed by atoms with Gasteiger partial charge in [-0.25, -0.2) is 0 Å². The largest absolute Gasteiger partial charge is 0.481 e. The van der Waals surface area contributed by atoms with Gasteiger partial charge < -0.3 is 34.1 Å². The summed E-state index contributed by atoms with van der Waals surface area (Å²) >= 11 is 7.90. The van der Waals surface area contributed by atoms with E-state index in [-0.39, 0.29) is 25.4 Å². The van der Waals surface area contributed by atoms with E-state index in [1.165, 1.54) is 4.88 Å². The van der Waals surface area contributed by atoms with Gasteiger partial charge >= 0.3 is 5.97 Å². The van der Waals surface area contributed by atoms with Crippen molar-refractivity contribution in [3.8, 4) is 5.00 Å². The smallest absolute Gasteiger partial charge is 0.305 e. The number of amides is 1. The van der Waals surface area contributed by atoms with E-state index in [4.69, 9.17) is 45.4 Å². The fourth-order valence-electron chi connectivity index (χ4n) is 5.57. The van der Waals surface area contributed by atoms with Crippen molar-refractivity contribution in [2.24, 2.45) is 4.99 Å². The number of aromatic nitrogens is 3. The van der Waals surface area contributed by atoms with Gasteiger partial charge in [0.15, 0.2) is 5.82 Å². The highest BCUT2D eigenvalue weighted by atomic mass is 35.5. The number of carbonyl (C=O) groups excluding carboxylic acids is 1. The second-order valence-electron chi connectivity index (χ2n) is 12.3. The predicted molar refractivity (Wildman–Crippen MR) is 208 cm³/mol. The Kier molecular flexibility index (Phi) is 15.9. The van der Waals surface area contributed by atoms with Crippen molar-refractivity contribution in [3.63, 3.8) is 0 Å². The number of aryl methyl sites for hydroxylation is 2. The standard InChI is InChI=1S/C39H46ClN5O8S/c1-26-27(2)54-39-36(26)37(30-8-10-31(40)11-9-30)42-33(38-44-43-28(3)45(38)39)25-34(46)41-32-12-6-29(7-13-32)5-4-15-49-17-19-51-21-23-53-24-22-52-20-18-50-16-14-35(47)48/h4-13,33H,14-25H2,1-3H3,(H,41,46)(H,47,48)/b5-4+/t33-/m0/s1. The maximum absolute atomic E-state index is 13.5. The summed E-state index contributed by atoms with van der Waals surface area (Å²) in [5.41, 5.74) is 5.53. The van der Waals surface area contributed by atoms with Crippen LogP contribution in [0.2, 0.25) is 5.02 Å². The zero-order chi connectivity index (χ0) is 38.3. The minimum atomic E-state index is -0.881. The van der Waals surface area contributed by atoms with Gasteiger partial charge in [0.2, 0.25) is 5.91 Å². The van der Waals surface area contributed by atoms with Crippen LogP contribution in [0.25, 0.3) is 11.1 Å². The number of hydrogen-bond acceptors (Lipinski definition) is 11. The lowest BCUT2D eigenvalue weighted by molar-refractivity contribution is -0.138. The third-order valence-corrected chi connectivity index (χ3v) is 9.85. The Balaban J connectivity index is 1.03. The van der Waals surface area contributed by atoms with Gasteiger partial charge in [0.1, 0.15) is 16.9 Å². The average Bonchev–Trinajstić information content (AvgIpc) is 3.63. The van der Waals surface area contributed by atoms with E-state index in [2.05, 4.69) is 29.4 Å².